The Hall–Kier alpha value is -1.64. The van der Waals surface area contributed by atoms with E-state index in [1.165, 1.54) is 23.9 Å². The van der Waals surface area contributed by atoms with Gasteiger partial charge in [-0.3, -0.25) is 4.40 Å². The maximum Gasteiger partial charge on any atom is 0.284 e. The number of sulfonamides is 1. The summed E-state index contributed by atoms with van der Waals surface area (Å²) in [5.74, 6) is 0. The van der Waals surface area contributed by atoms with Crippen LogP contribution in [-0.4, -0.2) is 24.1 Å². The lowest BCUT2D eigenvalue weighted by atomic mass is 10.4. The second-order valence-electron chi connectivity index (χ2n) is 4.61. The van der Waals surface area contributed by atoms with Crippen LogP contribution in [-0.2, 0) is 10.0 Å². The summed E-state index contributed by atoms with van der Waals surface area (Å²) >= 11 is 4.81. The predicted molar refractivity (Wildman–Crippen MR) is 93.9 cm³/mol. The van der Waals surface area contributed by atoms with Crippen molar-refractivity contribution in [3.8, 4) is 0 Å². The van der Waals surface area contributed by atoms with Crippen LogP contribution in [0.2, 0.25) is 0 Å². The Labute approximate surface area is 146 Å². The van der Waals surface area contributed by atoms with E-state index in [9.17, 15) is 8.42 Å². The number of halogens is 1. The molecule has 0 spiro atoms. The van der Waals surface area contributed by atoms with Crippen LogP contribution in [0.5, 0.6) is 0 Å². The highest BCUT2D eigenvalue weighted by atomic mass is 79.9. The van der Waals surface area contributed by atoms with Crippen LogP contribution >= 0.6 is 27.7 Å². The number of pyridine rings is 1. The van der Waals surface area contributed by atoms with Crippen molar-refractivity contribution in [1.82, 2.24) is 9.38 Å². The molecule has 8 heteroatoms. The van der Waals surface area contributed by atoms with Crippen molar-refractivity contribution in [2.24, 2.45) is 4.40 Å². The second kappa shape index (κ2) is 6.46. The molecule has 23 heavy (non-hydrogen) atoms. The number of fused-ring (bicyclic) bond motifs is 1. The summed E-state index contributed by atoms with van der Waals surface area (Å²) in [5.41, 5.74) is 0.937. The summed E-state index contributed by atoms with van der Waals surface area (Å²) in [4.78, 5) is 4.61. The van der Waals surface area contributed by atoms with E-state index in [2.05, 4.69) is 25.3 Å². The molecule has 3 aromatic rings. The van der Waals surface area contributed by atoms with Gasteiger partial charge in [-0.25, -0.2) is 4.98 Å². The number of hydrogen-bond acceptors (Lipinski definition) is 4. The minimum atomic E-state index is -3.79. The summed E-state index contributed by atoms with van der Waals surface area (Å²) in [7, 11) is -3.79. The molecule has 0 fully saturated rings. The number of thioether (sulfide) groups is 1. The summed E-state index contributed by atoms with van der Waals surface area (Å²) in [6.07, 6.45) is 3.62. The zero-order valence-corrected chi connectivity index (χ0v) is 15.3. The minimum Gasteiger partial charge on any atom is -0.284 e. The van der Waals surface area contributed by atoms with E-state index >= 15 is 0 Å². The summed E-state index contributed by atoms with van der Waals surface area (Å²) in [6, 6.07) is 13.5. The lowest BCUT2D eigenvalue weighted by molar-refractivity contribution is 0.596. The van der Waals surface area contributed by atoms with E-state index in [4.69, 9.17) is 0 Å². The van der Waals surface area contributed by atoms with Crippen LogP contribution in [0.25, 0.3) is 5.65 Å². The molecule has 0 saturated carbocycles. The monoisotopic (exact) mass is 409 g/mol. The summed E-state index contributed by atoms with van der Waals surface area (Å²) in [5, 5.41) is 0.703. The van der Waals surface area contributed by atoms with Crippen LogP contribution in [0, 0.1) is 0 Å². The van der Waals surface area contributed by atoms with Gasteiger partial charge in [0, 0.05) is 16.7 Å². The molecule has 0 aliphatic heterocycles. The number of benzene rings is 1. The molecule has 0 N–H and O–H groups in total. The largest absolute Gasteiger partial charge is 0.284 e. The molecule has 0 radical (unpaired) electrons. The van der Waals surface area contributed by atoms with E-state index in [0.717, 1.165) is 4.47 Å². The highest BCUT2D eigenvalue weighted by Crippen LogP contribution is 2.15. The van der Waals surface area contributed by atoms with Crippen LogP contribution in [0.15, 0.2) is 73.5 Å². The Kier molecular flexibility index (Phi) is 4.56. The van der Waals surface area contributed by atoms with Gasteiger partial charge < -0.3 is 0 Å². The van der Waals surface area contributed by atoms with E-state index in [1.807, 2.05) is 12.3 Å². The predicted octanol–water partition coefficient (Wildman–Crippen LogP) is 3.11. The van der Waals surface area contributed by atoms with Crippen LogP contribution in [0.4, 0.5) is 0 Å². The van der Waals surface area contributed by atoms with Gasteiger partial charge in [0.1, 0.15) is 10.7 Å². The van der Waals surface area contributed by atoms with E-state index < -0.39 is 10.0 Å². The first kappa shape index (κ1) is 16.2. The minimum absolute atomic E-state index is 0.159. The molecule has 1 aromatic carbocycles. The molecule has 118 valence electrons. The first-order valence-electron chi connectivity index (χ1n) is 6.59. The molecule has 2 aromatic heterocycles. The van der Waals surface area contributed by atoms with Gasteiger partial charge in [-0.2, -0.15) is 8.42 Å². The molecule has 0 atom stereocenters. The number of nitrogens with zero attached hydrogens (tertiary/aromatic N) is 3. The highest BCUT2D eigenvalue weighted by Gasteiger charge is 2.12. The zero-order chi connectivity index (χ0) is 16.4. The second-order valence-corrected chi connectivity index (χ2v) is 7.96. The van der Waals surface area contributed by atoms with Gasteiger partial charge in [0.05, 0.1) is 4.90 Å². The Morgan fingerprint density at radius 1 is 1.17 bits per heavy atom. The van der Waals surface area contributed by atoms with Gasteiger partial charge in [0.2, 0.25) is 0 Å². The fraction of sp³-hybridized carbons (Fsp3) is 0.0667. The molecule has 0 aliphatic rings. The average Bonchev–Trinajstić information content (AvgIpc) is 2.55. The third-order valence-electron chi connectivity index (χ3n) is 3.08. The van der Waals surface area contributed by atoms with Gasteiger partial charge in [0.25, 0.3) is 10.0 Å². The topological polar surface area (TPSA) is 63.8 Å². The molecule has 0 saturated heterocycles. The van der Waals surface area contributed by atoms with Crippen LogP contribution in [0.1, 0.15) is 0 Å². The van der Waals surface area contributed by atoms with Crippen molar-refractivity contribution < 1.29 is 8.42 Å². The van der Waals surface area contributed by atoms with Gasteiger partial charge in [0.15, 0.2) is 5.49 Å². The fourth-order valence-electron chi connectivity index (χ4n) is 2.01. The molecule has 0 bridgehead atoms. The van der Waals surface area contributed by atoms with E-state index in [0.29, 0.717) is 16.2 Å². The zero-order valence-electron chi connectivity index (χ0n) is 12.0. The Morgan fingerprint density at radius 3 is 2.61 bits per heavy atom. The molecule has 2 heterocycles. The molecule has 0 amide bonds. The van der Waals surface area contributed by atoms with Crippen LogP contribution in [0.3, 0.4) is 0 Å². The van der Waals surface area contributed by atoms with Gasteiger partial charge in [-0.05, 0) is 46.5 Å². The summed E-state index contributed by atoms with van der Waals surface area (Å²) < 4.78 is 31.5. The lowest BCUT2D eigenvalue weighted by Gasteiger charge is -2.05. The maximum atomic E-state index is 12.5. The quantitative estimate of drug-likeness (QED) is 0.492. The maximum absolute atomic E-state index is 12.5. The number of hydrogen-bond donors (Lipinski definition) is 0. The summed E-state index contributed by atoms with van der Waals surface area (Å²) in [6.45, 7) is 0. The first-order valence-corrected chi connectivity index (χ1v) is 10.0. The molecule has 3 rings (SSSR count). The van der Waals surface area contributed by atoms with Crippen molar-refractivity contribution in [2.75, 3.05) is 6.26 Å². The van der Waals surface area contributed by atoms with Crippen LogP contribution < -0.4 is 5.49 Å². The Bertz CT molecular complexity index is 1030. The van der Waals surface area contributed by atoms with Crippen molar-refractivity contribution in [3.63, 3.8) is 0 Å². The lowest BCUT2D eigenvalue weighted by Crippen LogP contribution is -2.18. The Balaban J connectivity index is 2.32. The fourth-order valence-corrected chi connectivity index (χ4v) is 3.75. The smallest absolute Gasteiger partial charge is 0.284 e. The van der Waals surface area contributed by atoms with Gasteiger partial charge in [-0.15, -0.1) is 16.2 Å². The normalized spacial score (nSPS) is 12.7. The van der Waals surface area contributed by atoms with Gasteiger partial charge >= 0.3 is 0 Å². The Morgan fingerprint density at radius 2 is 1.91 bits per heavy atom. The molecule has 5 nitrogen and oxygen atoms in total. The van der Waals surface area contributed by atoms with E-state index in [-0.39, 0.29) is 4.90 Å². The number of aromatic nitrogens is 2. The average molecular weight is 410 g/mol. The van der Waals surface area contributed by atoms with E-state index in [1.54, 1.807) is 40.9 Å². The molecule has 0 aliphatic carbocycles. The van der Waals surface area contributed by atoms with Crippen molar-refractivity contribution in [3.05, 3.63) is 64.7 Å². The molecule has 0 unspecified atom stereocenters. The standard InChI is InChI=1S/C15H12BrN3O2S2/c1-22-15-9-14(19-10-11(16)7-8-13(19)17-15)18-23(20,21)12-5-3-2-4-6-12/h2-10H,1H3. The highest BCUT2D eigenvalue weighted by molar-refractivity contribution is 9.10. The third kappa shape index (κ3) is 3.49. The van der Waals surface area contributed by atoms with Crippen molar-refractivity contribution >= 4 is 43.4 Å². The van der Waals surface area contributed by atoms with Gasteiger partial charge in [-0.1, -0.05) is 18.2 Å². The first-order chi connectivity index (χ1) is 11.0. The van der Waals surface area contributed by atoms with Crippen molar-refractivity contribution in [1.29, 1.82) is 0 Å². The SMILES string of the molecule is CSc1cc(=NS(=O)(=O)c2ccccc2)n2cc(Br)ccc2n1. The van der Waals surface area contributed by atoms with Crippen molar-refractivity contribution in [2.45, 2.75) is 9.92 Å². The third-order valence-corrected chi connectivity index (χ3v) is 5.47. The number of rotatable bonds is 3. The molecular formula is C15H12BrN3O2S2. The molecular weight excluding hydrogens is 398 g/mol.